The van der Waals surface area contributed by atoms with Gasteiger partial charge in [-0.1, -0.05) is 19.3 Å². The molecule has 1 fully saturated rings. The van der Waals surface area contributed by atoms with Crippen molar-refractivity contribution in [3.63, 3.8) is 0 Å². The molecule has 2 rings (SSSR count). The fourth-order valence-electron chi connectivity index (χ4n) is 2.47. The van der Waals surface area contributed by atoms with Crippen LogP contribution in [0.5, 0.6) is 0 Å². The number of amides is 1. The number of carbonyl (C=O) groups is 1. The Balaban J connectivity index is 2.03. The second-order valence-electron chi connectivity index (χ2n) is 5.59. The summed E-state index contributed by atoms with van der Waals surface area (Å²) < 4.78 is 27.4. The van der Waals surface area contributed by atoms with Gasteiger partial charge in [-0.2, -0.15) is 0 Å². The van der Waals surface area contributed by atoms with Gasteiger partial charge in [0.1, 0.15) is 5.38 Å². The highest BCUT2D eigenvalue weighted by Crippen LogP contribution is 2.21. The fraction of sp³-hybridized carbons (Fsp3) is 0.533. The number of carbonyl (C=O) groups excluding carboxylic acids is 1. The molecule has 0 unspecified atom stereocenters. The smallest absolute Gasteiger partial charge is 0.242 e. The molecule has 1 aliphatic rings. The number of sulfonamides is 1. The van der Waals surface area contributed by atoms with Gasteiger partial charge in [0.2, 0.25) is 15.9 Å². The first-order valence-corrected chi connectivity index (χ1v) is 9.38. The summed E-state index contributed by atoms with van der Waals surface area (Å²) in [4.78, 5) is 11.7. The van der Waals surface area contributed by atoms with Crippen molar-refractivity contribution < 1.29 is 13.2 Å². The van der Waals surface area contributed by atoms with Crippen molar-refractivity contribution in [1.82, 2.24) is 4.72 Å². The largest absolute Gasteiger partial charge is 0.325 e. The van der Waals surface area contributed by atoms with Crippen LogP contribution in [0.4, 0.5) is 5.69 Å². The Morgan fingerprint density at radius 2 is 1.77 bits per heavy atom. The molecule has 0 bridgehead atoms. The third kappa shape index (κ3) is 4.69. The van der Waals surface area contributed by atoms with E-state index < -0.39 is 15.4 Å². The minimum Gasteiger partial charge on any atom is -0.325 e. The van der Waals surface area contributed by atoms with E-state index >= 15 is 0 Å². The van der Waals surface area contributed by atoms with Gasteiger partial charge < -0.3 is 5.32 Å². The standard InChI is InChI=1S/C15H21ClN2O3S/c1-11(16)15(19)17-12-7-9-14(10-8-12)22(20,21)18-13-5-3-2-4-6-13/h7-11,13,18H,2-6H2,1H3,(H,17,19)/t11-/m0/s1. The molecule has 22 heavy (non-hydrogen) atoms. The Bertz CT molecular complexity index is 608. The summed E-state index contributed by atoms with van der Waals surface area (Å²) in [6, 6.07) is 6.12. The summed E-state index contributed by atoms with van der Waals surface area (Å²) >= 11 is 5.67. The van der Waals surface area contributed by atoms with Crippen molar-refractivity contribution in [2.45, 2.75) is 55.3 Å². The summed E-state index contributed by atoms with van der Waals surface area (Å²) in [7, 11) is -3.51. The lowest BCUT2D eigenvalue weighted by Gasteiger charge is -2.22. The van der Waals surface area contributed by atoms with Crippen molar-refractivity contribution in [3.8, 4) is 0 Å². The quantitative estimate of drug-likeness (QED) is 0.806. The molecule has 0 spiro atoms. The third-order valence-corrected chi connectivity index (χ3v) is 5.46. The van der Waals surface area contributed by atoms with Gasteiger partial charge in [0.15, 0.2) is 0 Å². The molecular weight excluding hydrogens is 324 g/mol. The zero-order valence-electron chi connectivity index (χ0n) is 12.5. The number of benzene rings is 1. The molecule has 1 amide bonds. The Morgan fingerprint density at radius 3 is 2.32 bits per heavy atom. The predicted molar refractivity (Wildman–Crippen MR) is 87.6 cm³/mol. The van der Waals surface area contributed by atoms with Crippen molar-refractivity contribution >= 4 is 33.2 Å². The van der Waals surface area contributed by atoms with Gasteiger partial charge in [-0.25, -0.2) is 13.1 Å². The second-order valence-corrected chi connectivity index (χ2v) is 7.95. The van der Waals surface area contributed by atoms with Crippen LogP contribution in [0.3, 0.4) is 0 Å². The van der Waals surface area contributed by atoms with Crippen LogP contribution in [0.1, 0.15) is 39.0 Å². The number of hydrogen-bond donors (Lipinski definition) is 2. The minimum absolute atomic E-state index is 0.0234. The molecule has 1 aliphatic carbocycles. The zero-order valence-corrected chi connectivity index (χ0v) is 14.1. The predicted octanol–water partition coefficient (Wildman–Crippen LogP) is 2.86. The van der Waals surface area contributed by atoms with Gasteiger partial charge in [0.05, 0.1) is 4.90 Å². The van der Waals surface area contributed by atoms with Crippen LogP contribution >= 0.6 is 11.6 Å². The fourth-order valence-corrected chi connectivity index (χ4v) is 3.83. The molecule has 5 nitrogen and oxygen atoms in total. The molecule has 1 aromatic rings. The summed E-state index contributed by atoms with van der Waals surface area (Å²) in [5, 5.41) is 1.97. The van der Waals surface area contributed by atoms with Crippen LogP contribution in [0, 0.1) is 0 Å². The Hall–Kier alpha value is -1.11. The van der Waals surface area contributed by atoms with Gasteiger partial charge in [-0.05, 0) is 44.0 Å². The molecular formula is C15H21ClN2O3S. The number of alkyl halides is 1. The van der Waals surface area contributed by atoms with E-state index in [1.165, 1.54) is 18.6 Å². The molecule has 1 aromatic carbocycles. The molecule has 0 saturated heterocycles. The average Bonchev–Trinajstić information content (AvgIpc) is 2.48. The lowest BCUT2D eigenvalue weighted by Crippen LogP contribution is -2.36. The molecule has 0 radical (unpaired) electrons. The zero-order chi connectivity index (χ0) is 16.2. The highest BCUT2D eigenvalue weighted by molar-refractivity contribution is 7.89. The Kier molecular flexibility index (Phi) is 5.83. The monoisotopic (exact) mass is 344 g/mol. The second kappa shape index (κ2) is 7.44. The van der Waals surface area contributed by atoms with Crippen molar-refractivity contribution in [3.05, 3.63) is 24.3 Å². The maximum Gasteiger partial charge on any atom is 0.242 e. The number of hydrogen-bond acceptors (Lipinski definition) is 3. The maximum absolute atomic E-state index is 12.3. The normalized spacial score (nSPS) is 17.9. The van der Waals surface area contributed by atoms with E-state index in [4.69, 9.17) is 11.6 Å². The molecule has 0 aromatic heterocycles. The van der Waals surface area contributed by atoms with Crippen LogP contribution in [-0.2, 0) is 14.8 Å². The van der Waals surface area contributed by atoms with E-state index in [1.807, 2.05) is 0 Å². The van der Waals surface area contributed by atoms with Gasteiger partial charge in [0.25, 0.3) is 0 Å². The molecule has 0 heterocycles. The Labute approximate surface area is 136 Å². The molecule has 122 valence electrons. The number of nitrogens with one attached hydrogen (secondary N) is 2. The first-order valence-electron chi connectivity index (χ1n) is 7.46. The van der Waals surface area contributed by atoms with Crippen LogP contribution < -0.4 is 10.0 Å². The SMILES string of the molecule is C[C@H](Cl)C(=O)Nc1ccc(S(=O)(=O)NC2CCCCC2)cc1. The first-order chi connectivity index (χ1) is 10.4. The van der Waals surface area contributed by atoms with Gasteiger partial charge in [-0.3, -0.25) is 4.79 Å². The van der Waals surface area contributed by atoms with E-state index in [1.54, 1.807) is 19.1 Å². The highest BCUT2D eigenvalue weighted by Gasteiger charge is 2.21. The van der Waals surface area contributed by atoms with Crippen LogP contribution in [0.25, 0.3) is 0 Å². The van der Waals surface area contributed by atoms with Crippen LogP contribution in [0.2, 0.25) is 0 Å². The molecule has 7 heteroatoms. The molecule has 2 N–H and O–H groups in total. The van der Waals surface area contributed by atoms with Crippen LogP contribution in [-0.4, -0.2) is 25.7 Å². The lowest BCUT2D eigenvalue weighted by atomic mass is 9.96. The van der Waals surface area contributed by atoms with Crippen molar-refractivity contribution in [1.29, 1.82) is 0 Å². The number of anilines is 1. The van der Waals surface area contributed by atoms with E-state index in [2.05, 4.69) is 10.0 Å². The summed E-state index contributed by atoms with van der Waals surface area (Å²) in [5.41, 5.74) is 0.522. The average molecular weight is 345 g/mol. The number of rotatable bonds is 5. The minimum atomic E-state index is -3.51. The topological polar surface area (TPSA) is 75.3 Å². The highest BCUT2D eigenvalue weighted by atomic mass is 35.5. The van der Waals surface area contributed by atoms with E-state index in [9.17, 15) is 13.2 Å². The van der Waals surface area contributed by atoms with E-state index in [0.717, 1.165) is 25.7 Å². The van der Waals surface area contributed by atoms with Crippen LogP contribution in [0.15, 0.2) is 29.2 Å². The van der Waals surface area contributed by atoms with Gasteiger partial charge in [0, 0.05) is 11.7 Å². The lowest BCUT2D eigenvalue weighted by molar-refractivity contribution is -0.115. The summed E-state index contributed by atoms with van der Waals surface area (Å²) in [5.74, 6) is -0.322. The third-order valence-electron chi connectivity index (χ3n) is 3.72. The maximum atomic E-state index is 12.3. The molecule has 0 aliphatic heterocycles. The summed E-state index contributed by atoms with van der Waals surface area (Å²) in [6.45, 7) is 1.57. The van der Waals surface area contributed by atoms with E-state index in [-0.39, 0.29) is 16.8 Å². The van der Waals surface area contributed by atoms with Crippen molar-refractivity contribution in [2.75, 3.05) is 5.32 Å². The Morgan fingerprint density at radius 1 is 1.18 bits per heavy atom. The molecule has 1 saturated carbocycles. The van der Waals surface area contributed by atoms with Crippen molar-refractivity contribution in [2.24, 2.45) is 0 Å². The van der Waals surface area contributed by atoms with Gasteiger partial charge in [-0.15, -0.1) is 11.6 Å². The van der Waals surface area contributed by atoms with E-state index in [0.29, 0.717) is 5.69 Å². The first kappa shape index (κ1) is 17.2. The number of halogens is 1. The molecule has 1 atom stereocenters. The summed E-state index contributed by atoms with van der Waals surface area (Å²) in [6.07, 6.45) is 5.08. The van der Waals surface area contributed by atoms with Gasteiger partial charge >= 0.3 is 0 Å².